The molecule has 0 radical (unpaired) electrons. The van der Waals surface area contributed by atoms with Crippen molar-refractivity contribution in [1.29, 1.82) is 5.26 Å². The molecule has 0 atom stereocenters. The zero-order chi connectivity index (χ0) is 14.5. The Morgan fingerprint density at radius 2 is 2.05 bits per heavy atom. The van der Waals surface area contributed by atoms with Gasteiger partial charge in [0.25, 0.3) is 0 Å². The second kappa shape index (κ2) is 6.17. The topological polar surface area (TPSA) is 66.3 Å². The minimum Gasteiger partial charge on any atom is -0.419 e. The summed E-state index contributed by atoms with van der Waals surface area (Å²) in [5.74, 6) is 0.336. The maximum absolute atomic E-state index is 12.9. The lowest BCUT2D eigenvalue weighted by Gasteiger charge is -2.07. The molecule has 0 fully saturated rings. The largest absolute Gasteiger partial charge is 0.419 e. The first-order chi connectivity index (χ1) is 9.60. The van der Waals surface area contributed by atoms with Crippen molar-refractivity contribution in [3.05, 3.63) is 35.8 Å². The van der Waals surface area contributed by atoms with Crippen LogP contribution in [0, 0.1) is 17.1 Å². The van der Waals surface area contributed by atoms with Crippen LogP contribution in [0.1, 0.15) is 5.69 Å². The maximum atomic E-state index is 12.9. The van der Waals surface area contributed by atoms with Crippen molar-refractivity contribution < 1.29 is 13.7 Å². The van der Waals surface area contributed by atoms with E-state index in [2.05, 4.69) is 10.3 Å². The van der Waals surface area contributed by atoms with Crippen LogP contribution in [0.2, 0.25) is 0 Å². The van der Waals surface area contributed by atoms with E-state index in [9.17, 15) is 4.39 Å². The van der Waals surface area contributed by atoms with Crippen molar-refractivity contribution >= 4 is 5.88 Å². The molecule has 20 heavy (non-hydrogen) atoms. The Kier molecular flexibility index (Phi) is 4.33. The Morgan fingerprint density at radius 1 is 1.35 bits per heavy atom. The first kappa shape index (κ1) is 14.0. The SMILES string of the molecule is C[NH+](C)CCNc1oc(-c2ccc(F)cc2)nc1C#N. The monoisotopic (exact) mass is 275 g/mol. The van der Waals surface area contributed by atoms with Gasteiger partial charge in [0.15, 0.2) is 0 Å². The third-order valence-corrected chi connectivity index (χ3v) is 2.73. The lowest BCUT2D eigenvalue weighted by molar-refractivity contribution is -0.856. The van der Waals surface area contributed by atoms with Crippen LogP contribution in [-0.4, -0.2) is 32.2 Å². The highest BCUT2D eigenvalue weighted by atomic mass is 19.1. The van der Waals surface area contributed by atoms with Gasteiger partial charge in [0, 0.05) is 5.56 Å². The summed E-state index contributed by atoms with van der Waals surface area (Å²) in [6.07, 6.45) is 0. The molecule has 0 unspecified atom stereocenters. The average molecular weight is 275 g/mol. The molecule has 104 valence electrons. The number of anilines is 1. The van der Waals surface area contributed by atoms with Crippen LogP contribution in [0.3, 0.4) is 0 Å². The highest BCUT2D eigenvalue weighted by molar-refractivity contribution is 5.58. The molecule has 6 heteroatoms. The summed E-state index contributed by atoms with van der Waals surface area (Å²) >= 11 is 0. The molecule has 2 rings (SSSR count). The second-order valence-electron chi connectivity index (χ2n) is 4.70. The highest BCUT2D eigenvalue weighted by Gasteiger charge is 2.14. The molecule has 0 aliphatic carbocycles. The zero-order valence-electron chi connectivity index (χ0n) is 11.4. The highest BCUT2D eigenvalue weighted by Crippen LogP contribution is 2.25. The number of hydrogen-bond acceptors (Lipinski definition) is 4. The first-order valence-corrected chi connectivity index (χ1v) is 6.30. The Hall–Kier alpha value is -2.39. The molecule has 1 aromatic carbocycles. The number of nitrogens with zero attached hydrogens (tertiary/aromatic N) is 2. The van der Waals surface area contributed by atoms with E-state index in [1.165, 1.54) is 17.0 Å². The normalized spacial score (nSPS) is 10.6. The van der Waals surface area contributed by atoms with Crippen LogP contribution in [0.5, 0.6) is 0 Å². The Labute approximate surface area is 116 Å². The summed E-state index contributed by atoms with van der Waals surface area (Å²) in [5, 5.41) is 12.1. The van der Waals surface area contributed by atoms with Gasteiger partial charge in [0.1, 0.15) is 11.9 Å². The van der Waals surface area contributed by atoms with Crippen molar-refractivity contribution in [2.45, 2.75) is 0 Å². The number of nitrogens with one attached hydrogen (secondary N) is 2. The van der Waals surface area contributed by atoms with Gasteiger partial charge in [-0.3, -0.25) is 0 Å². The van der Waals surface area contributed by atoms with Crippen molar-refractivity contribution in [1.82, 2.24) is 4.98 Å². The van der Waals surface area contributed by atoms with E-state index in [4.69, 9.17) is 9.68 Å². The van der Waals surface area contributed by atoms with E-state index in [1.54, 1.807) is 12.1 Å². The lowest BCUT2D eigenvalue weighted by atomic mass is 10.2. The number of aromatic nitrogens is 1. The predicted molar refractivity (Wildman–Crippen MR) is 72.8 cm³/mol. The molecule has 2 aromatic rings. The molecule has 0 aliphatic heterocycles. The number of oxazole rings is 1. The Balaban J connectivity index is 2.18. The Bertz CT molecular complexity index is 613. The van der Waals surface area contributed by atoms with Gasteiger partial charge in [-0.05, 0) is 24.3 Å². The van der Waals surface area contributed by atoms with Crippen molar-refractivity contribution in [2.24, 2.45) is 0 Å². The molecule has 0 saturated heterocycles. The van der Waals surface area contributed by atoms with Crippen LogP contribution in [0.25, 0.3) is 11.5 Å². The molecule has 0 saturated carbocycles. The van der Waals surface area contributed by atoms with Gasteiger partial charge in [0.2, 0.25) is 17.5 Å². The number of hydrogen-bond donors (Lipinski definition) is 2. The number of benzene rings is 1. The standard InChI is InChI=1S/C14H15FN4O/c1-19(2)8-7-17-14-12(9-16)18-13(20-14)10-3-5-11(15)6-4-10/h3-6,17H,7-8H2,1-2H3/p+1. The van der Waals surface area contributed by atoms with Gasteiger partial charge < -0.3 is 14.6 Å². The predicted octanol–water partition coefficient (Wildman–Crippen LogP) is 0.909. The number of rotatable bonds is 5. The molecule has 5 nitrogen and oxygen atoms in total. The average Bonchev–Trinajstić information content (AvgIpc) is 2.82. The zero-order valence-corrected chi connectivity index (χ0v) is 11.4. The molecule has 1 heterocycles. The molecule has 0 amide bonds. The molecule has 2 N–H and O–H groups in total. The fourth-order valence-electron chi connectivity index (χ4n) is 1.66. The van der Waals surface area contributed by atoms with Gasteiger partial charge in [-0.25, -0.2) is 4.39 Å². The van der Waals surface area contributed by atoms with E-state index >= 15 is 0 Å². The number of quaternary nitrogens is 1. The smallest absolute Gasteiger partial charge is 0.232 e. The first-order valence-electron chi connectivity index (χ1n) is 6.30. The summed E-state index contributed by atoms with van der Waals surface area (Å²) in [4.78, 5) is 5.39. The summed E-state index contributed by atoms with van der Waals surface area (Å²) in [6, 6.07) is 7.77. The van der Waals surface area contributed by atoms with Crippen LogP contribution in [0.4, 0.5) is 10.3 Å². The molecule has 0 aliphatic rings. The van der Waals surface area contributed by atoms with Crippen molar-refractivity contribution in [2.75, 3.05) is 32.5 Å². The van der Waals surface area contributed by atoms with Gasteiger partial charge in [-0.2, -0.15) is 10.2 Å². The van der Waals surface area contributed by atoms with Gasteiger partial charge in [-0.1, -0.05) is 0 Å². The third-order valence-electron chi connectivity index (χ3n) is 2.73. The van der Waals surface area contributed by atoms with E-state index in [1.807, 2.05) is 20.2 Å². The van der Waals surface area contributed by atoms with E-state index in [-0.39, 0.29) is 11.5 Å². The van der Waals surface area contributed by atoms with Gasteiger partial charge in [0.05, 0.1) is 27.2 Å². The van der Waals surface area contributed by atoms with Crippen molar-refractivity contribution in [3.63, 3.8) is 0 Å². The number of halogens is 1. The number of likely N-dealkylation sites (N-methyl/N-ethyl adjacent to an activating group) is 1. The fraction of sp³-hybridized carbons (Fsp3) is 0.286. The molecular weight excluding hydrogens is 259 g/mol. The molecule has 1 aromatic heterocycles. The molecule has 0 spiro atoms. The maximum Gasteiger partial charge on any atom is 0.232 e. The number of nitriles is 1. The summed E-state index contributed by atoms with van der Waals surface area (Å²) in [6.45, 7) is 1.56. The fourth-order valence-corrected chi connectivity index (χ4v) is 1.66. The molecular formula is C14H16FN4O+. The van der Waals surface area contributed by atoms with E-state index in [0.717, 1.165) is 6.54 Å². The summed E-state index contributed by atoms with van der Waals surface area (Å²) in [5.41, 5.74) is 0.840. The van der Waals surface area contributed by atoms with Crippen LogP contribution in [-0.2, 0) is 0 Å². The molecule has 0 bridgehead atoms. The summed E-state index contributed by atoms with van der Waals surface area (Å²) < 4.78 is 18.4. The Morgan fingerprint density at radius 3 is 2.65 bits per heavy atom. The van der Waals surface area contributed by atoms with Crippen LogP contribution in [0.15, 0.2) is 28.7 Å². The van der Waals surface area contributed by atoms with Crippen LogP contribution >= 0.6 is 0 Å². The minimum absolute atomic E-state index is 0.207. The summed E-state index contributed by atoms with van der Waals surface area (Å²) in [7, 11) is 4.08. The lowest BCUT2D eigenvalue weighted by Crippen LogP contribution is -3.06. The minimum atomic E-state index is -0.326. The van der Waals surface area contributed by atoms with Gasteiger partial charge >= 0.3 is 0 Å². The van der Waals surface area contributed by atoms with Crippen molar-refractivity contribution in [3.8, 4) is 17.5 Å². The second-order valence-corrected chi connectivity index (χ2v) is 4.70. The van der Waals surface area contributed by atoms with E-state index < -0.39 is 0 Å². The van der Waals surface area contributed by atoms with Crippen LogP contribution < -0.4 is 10.2 Å². The van der Waals surface area contributed by atoms with Gasteiger partial charge in [-0.15, -0.1) is 0 Å². The third kappa shape index (κ3) is 3.33. The van der Waals surface area contributed by atoms with E-state index in [0.29, 0.717) is 23.9 Å². The quantitative estimate of drug-likeness (QED) is 0.851.